The predicted octanol–water partition coefficient (Wildman–Crippen LogP) is 2.00. The molecule has 1 aromatic heterocycles. The van der Waals surface area contributed by atoms with Crippen LogP contribution in [0.25, 0.3) is 0 Å². The second-order valence-electron chi connectivity index (χ2n) is 5.63. The average molecular weight is 262 g/mol. The number of nitrogens with two attached hydrogens (primary N) is 2. The first-order chi connectivity index (χ1) is 8.97. The number of nitrogen functional groups attached to an aromatic ring is 1. The molecule has 19 heavy (non-hydrogen) atoms. The first-order valence-electron chi connectivity index (χ1n) is 6.79. The highest BCUT2D eigenvalue weighted by molar-refractivity contribution is 5.99. The van der Waals surface area contributed by atoms with Gasteiger partial charge < -0.3 is 16.8 Å². The molecule has 0 aliphatic heterocycles. The van der Waals surface area contributed by atoms with Crippen LogP contribution in [0.1, 0.15) is 43.5 Å². The van der Waals surface area contributed by atoms with Gasteiger partial charge in [-0.25, -0.2) is 4.98 Å². The highest BCUT2D eigenvalue weighted by Gasteiger charge is 2.25. The van der Waals surface area contributed by atoms with Crippen molar-refractivity contribution in [2.24, 2.45) is 17.6 Å². The highest BCUT2D eigenvalue weighted by Crippen LogP contribution is 2.31. The molecule has 104 valence electrons. The average Bonchev–Trinajstić information content (AvgIpc) is 2.36. The minimum Gasteiger partial charge on any atom is -0.384 e. The Balaban J connectivity index is 2.13. The molecule has 1 aliphatic carbocycles. The van der Waals surface area contributed by atoms with E-state index in [1.807, 2.05) is 0 Å². The minimum atomic E-state index is -0.478. The molecule has 1 saturated carbocycles. The van der Waals surface area contributed by atoms with E-state index in [2.05, 4.69) is 24.1 Å². The Morgan fingerprint density at radius 1 is 1.37 bits per heavy atom. The molecule has 5 nitrogen and oxygen atoms in total. The van der Waals surface area contributed by atoms with Gasteiger partial charge in [0.15, 0.2) is 0 Å². The van der Waals surface area contributed by atoms with Crippen LogP contribution in [0.2, 0.25) is 0 Å². The lowest BCUT2D eigenvalue weighted by Crippen LogP contribution is -2.31. The summed E-state index contributed by atoms with van der Waals surface area (Å²) in [5.74, 6) is 1.28. The topological polar surface area (TPSA) is 94.0 Å². The van der Waals surface area contributed by atoms with Gasteiger partial charge >= 0.3 is 0 Å². The maximum absolute atomic E-state index is 11.4. The van der Waals surface area contributed by atoms with E-state index >= 15 is 0 Å². The third-order valence-electron chi connectivity index (χ3n) is 4.15. The van der Waals surface area contributed by atoms with Gasteiger partial charge in [-0.3, -0.25) is 4.79 Å². The van der Waals surface area contributed by atoms with Gasteiger partial charge in [-0.15, -0.1) is 0 Å². The zero-order valence-electron chi connectivity index (χ0n) is 11.5. The van der Waals surface area contributed by atoms with E-state index in [1.54, 1.807) is 6.20 Å². The number of carbonyl (C=O) groups is 1. The van der Waals surface area contributed by atoms with E-state index in [9.17, 15) is 4.79 Å². The van der Waals surface area contributed by atoms with Gasteiger partial charge in [0.1, 0.15) is 5.82 Å². The number of primary amides is 1. The van der Waals surface area contributed by atoms with E-state index in [0.29, 0.717) is 29.0 Å². The van der Waals surface area contributed by atoms with Gasteiger partial charge in [0, 0.05) is 6.04 Å². The lowest BCUT2D eigenvalue weighted by atomic mass is 9.79. The van der Waals surface area contributed by atoms with Gasteiger partial charge in [-0.2, -0.15) is 0 Å². The van der Waals surface area contributed by atoms with Crippen molar-refractivity contribution in [3.63, 3.8) is 0 Å². The van der Waals surface area contributed by atoms with E-state index < -0.39 is 5.91 Å². The summed E-state index contributed by atoms with van der Waals surface area (Å²) in [7, 11) is 0. The summed E-state index contributed by atoms with van der Waals surface area (Å²) in [6, 6.07) is 1.90. The summed E-state index contributed by atoms with van der Waals surface area (Å²) in [4.78, 5) is 15.5. The maximum Gasteiger partial charge on any atom is 0.250 e. The minimum absolute atomic E-state index is 0.310. The van der Waals surface area contributed by atoms with E-state index in [0.717, 1.165) is 18.8 Å². The Hall–Kier alpha value is -1.78. The smallest absolute Gasteiger partial charge is 0.250 e. The summed E-state index contributed by atoms with van der Waals surface area (Å²) in [5.41, 5.74) is 12.1. The van der Waals surface area contributed by atoms with Crippen molar-refractivity contribution in [1.82, 2.24) is 4.98 Å². The van der Waals surface area contributed by atoms with E-state index in [-0.39, 0.29) is 0 Å². The molecule has 1 heterocycles. The predicted molar refractivity (Wildman–Crippen MR) is 76.8 cm³/mol. The zero-order valence-corrected chi connectivity index (χ0v) is 11.5. The molecule has 0 saturated heterocycles. The number of amides is 1. The second-order valence-corrected chi connectivity index (χ2v) is 5.63. The molecule has 1 fully saturated rings. The summed E-state index contributed by atoms with van der Waals surface area (Å²) in [5, 5.41) is 3.39. The summed E-state index contributed by atoms with van der Waals surface area (Å²) < 4.78 is 0. The largest absolute Gasteiger partial charge is 0.384 e. The van der Waals surface area contributed by atoms with Gasteiger partial charge in [0.05, 0.1) is 17.4 Å². The first-order valence-corrected chi connectivity index (χ1v) is 6.79. The quantitative estimate of drug-likeness (QED) is 0.776. The lowest BCUT2D eigenvalue weighted by molar-refractivity contribution is 0.100. The summed E-state index contributed by atoms with van der Waals surface area (Å²) >= 11 is 0. The van der Waals surface area contributed by atoms with Crippen molar-refractivity contribution in [3.8, 4) is 0 Å². The molecular formula is C14H22N4O. The third-order valence-corrected chi connectivity index (χ3v) is 4.15. The van der Waals surface area contributed by atoms with Crippen LogP contribution in [0.5, 0.6) is 0 Å². The summed E-state index contributed by atoms with van der Waals surface area (Å²) in [6.45, 7) is 4.56. The number of pyridine rings is 1. The number of nitrogens with one attached hydrogen (secondary N) is 1. The second kappa shape index (κ2) is 5.47. The number of hydrogen-bond acceptors (Lipinski definition) is 4. The molecule has 3 atom stereocenters. The fourth-order valence-corrected chi connectivity index (χ4v) is 2.69. The van der Waals surface area contributed by atoms with Crippen molar-refractivity contribution >= 4 is 17.4 Å². The fraction of sp³-hybridized carbons (Fsp3) is 0.571. The standard InChI is InChI=1S/C14H22N4O/c1-8-3-4-10(5-9(8)2)18-12-7-17-13(15)6-11(12)14(16)19/h6-10,18H,3-5H2,1-2H3,(H2,15,17)(H2,16,19). The van der Waals surface area contributed by atoms with Crippen LogP contribution in [-0.4, -0.2) is 16.9 Å². The normalized spacial score (nSPS) is 26.9. The van der Waals surface area contributed by atoms with Crippen molar-refractivity contribution in [3.05, 3.63) is 17.8 Å². The number of nitrogens with zero attached hydrogens (tertiary/aromatic N) is 1. The van der Waals surface area contributed by atoms with Crippen molar-refractivity contribution < 1.29 is 4.79 Å². The highest BCUT2D eigenvalue weighted by atomic mass is 16.1. The molecule has 1 aromatic rings. The number of anilines is 2. The Morgan fingerprint density at radius 3 is 2.74 bits per heavy atom. The van der Waals surface area contributed by atoms with Crippen LogP contribution in [0.3, 0.4) is 0 Å². The molecule has 5 heteroatoms. The monoisotopic (exact) mass is 262 g/mol. The summed E-state index contributed by atoms with van der Waals surface area (Å²) in [6.07, 6.45) is 5.00. The van der Waals surface area contributed by atoms with E-state index in [4.69, 9.17) is 11.5 Å². The number of hydrogen-bond donors (Lipinski definition) is 3. The van der Waals surface area contributed by atoms with Gasteiger partial charge in [0.25, 0.3) is 5.91 Å². The molecular weight excluding hydrogens is 240 g/mol. The Bertz CT molecular complexity index is 475. The number of aromatic nitrogens is 1. The maximum atomic E-state index is 11.4. The van der Waals surface area contributed by atoms with Gasteiger partial charge in [-0.1, -0.05) is 13.8 Å². The lowest BCUT2D eigenvalue weighted by Gasteiger charge is -2.33. The molecule has 0 bridgehead atoms. The number of carbonyl (C=O) groups excluding carboxylic acids is 1. The SMILES string of the molecule is CC1CCC(Nc2cnc(N)cc2C(N)=O)CC1C. The molecule has 0 spiro atoms. The molecule has 0 radical (unpaired) electrons. The van der Waals surface area contributed by atoms with Crippen LogP contribution in [0, 0.1) is 11.8 Å². The van der Waals surface area contributed by atoms with Crippen molar-refractivity contribution in [2.45, 2.75) is 39.2 Å². The Kier molecular flexibility index (Phi) is 3.93. The van der Waals surface area contributed by atoms with Crippen LogP contribution < -0.4 is 16.8 Å². The van der Waals surface area contributed by atoms with Gasteiger partial charge in [-0.05, 0) is 37.2 Å². The number of rotatable bonds is 3. The van der Waals surface area contributed by atoms with Crippen LogP contribution in [-0.2, 0) is 0 Å². The van der Waals surface area contributed by atoms with Crippen LogP contribution in [0.15, 0.2) is 12.3 Å². The first kappa shape index (κ1) is 13.6. The Labute approximate surface area is 113 Å². The van der Waals surface area contributed by atoms with Crippen LogP contribution >= 0.6 is 0 Å². The molecule has 5 N–H and O–H groups in total. The third kappa shape index (κ3) is 3.16. The molecule has 2 rings (SSSR count). The van der Waals surface area contributed by atoms with Crippen molar-refractivity contribution in [1.29, 1.82) is 0 Å². The van der Waals surface area contributed by atoms with Gasteiger partial charge in [0.2, 0.25) is 0 Å². The van der Waals surface area contributed by atoms with E-state index in [1.165, 1.54) is 12.5 Å². The van der Waals surface area contributed by atoms with Crippen molar-refractivity contribution in [2.75, 3.05) is 11.1 Å². The molecule has 1 amide bonds. The Morgan fingerprint density at radius 2 is 2.11 bits per heavy atom. The molecule has 3 unspecified atom stereocenters. The van der Waals surface area contributed by atoms with Crippen LogP contribution in [0.4, 0.5) is 11.5 Å². The molecule has 1 aliphatic rings. The fourth-order valence-electron chi connectivity index (χ4n) is 2.69. The zero-order chi connectivity index (χ0) is 14.0. The molecule has 0 aromatic carbocycles.